The van der Waals surface area contributed by atoms with Crippen molar-refractivity contribution >= 4 is 33.0 Å². The van der Waals surface area contributed by atoms with E-state index in [1.54, 1.807) is 26.8 Å². The average molecular weight is 621 g/mol. The molecule has 0 bridgehead atoms. The maximum atomic E-state index is 13.7. The van der Waals surface area contributed by atoms with Crippen molar-refractivity contribution in [1.82, 2.24) is 19.9 Å². The number of likely N-dealkylation sites (tertiary alicyclic amines) is 1. The van der Waals surface area contributed by atoms with Crippen molar-refractivity contribution in [2.24, 2.45) is 0 Å². The smallest absolute Gasteiger partial charge is 0.419 e. The quantitative estimate of drug-likeness (QED) is 0.270. The van der Waals surface area contributed by atoms with Crippen LogP contribution in [0.25, 0.3) is 22.2 Å². The molecule has 0 unspecified atom stereocenters. The lowest BCUT2D eigenvalue weighted by Gasteiger charge is -2.26. The lowest BCUT2D eigenvalue weighted by atomic mass is 9.99. The topological polar surface area (TPSA) is 133 Å². The largest absolute Gasteiger partial charge is 0.443 e. The second-order valence-electron chi connectivity index (χ2n) is 12.4. The number of carbonyl (C=O) groups is 2. The lowest BCUT2D eigenvalue weighted by molar-refractivity contribution is 0.0546. The van der Waals surface area contributed by atoms with Gasteiger partial charge in [0.05, 0.1) is 16.8 Å². The predicted molar refractivity (Wildman–Crippen MR) is 163 cm³/mol. The summed E-state index contributed by atoms with van der Waals surface area (Å²) >= 11 is 0. The van der Waals surface area contributed by atoms with Gasteiger partial charge in [0.2, 0.25) is 0 Å². The lowest BCUT2D eigenvalue weighted by Crippen LogP contribution is -2.29. The van der Waals surface area contributed by atoms with Crippen LogP contribution in [0.4, 0.5) is 4.79 Å². The van der Waals surface area contributed by atoms with Gasteiger partial charge in [0.25, 0.3) is 5.91 Å². The first-order valence-electron chi connectivity index (χ1n) is 14.7. The molecule has 12 heteroatoms. The van der Waals surface area contributed by atoms with Gasteiger partial charge in [0, 0.05) is 29.6 Å². The van der Waals surface area contributed by atoms with Gasteiger partial charge in [-0.3, -0.25) is 9.69 Å². The molecular formula is C32H36N4O7S. The van der Waals surface area contributed by atoms with Gasteiger partial charge in [-0.2, -0.15) is 8.42 Å². The summed E-state index contributed by atoms with van der Waals surface area (Å²) in [5.74, 6) is -0.292. The molecule has 0 atom stereocenters. The molecule has 4 aromatic rings. The summed E-state index contributed by atoms with van der Waals surface area (Å²) in [7, 11) is -4.31. The summed E-state index contributed by atoms with van der Waals surface area (Å²) in [6, 6.07) is 11.0. The molecule has 44 heavy (non-hydrogen) atoms. The Hall–Kier alpha value is -4.16. The van der Waals surface area contributed by atoms with Crippen LogP contribution in [-0.2, 0) is 27.9 Å². The molecule has 1 N–H and O–H groups in total. The molecule has 11 nitrogen and oxygen atoms in total. The van der Waals surface area contributed by atoms with E-state index in [1.165, 1.54) is 43.7 Å². The normalized spacial score (nSPS) is 15.8. The van der Waals surface area contributed by atoms with E-state index in [4.69, 9.17) is 13.4 Å². The van der Waals surface area contributed by atoms with E-state index in [0.717, 1.165) is 30.6 Å². The third-order valence-electron chi connectivity index (χ3n) is 7.91. The molecule has 0 aliphatic carbocycles. The van der Waals surface area contributed by atoms with Crippen LogP contribution < -0.4 is 9.50 Å². The van der Waals surface area contributed by atoms with E-state index in [0.29, 0.717) is 22.3 Å². The molecule has 1 saturated heterocycles. The molecule has 2 aliphatic rings. The molecule has 232 valence electrons. The Bertz CT molecular complexity index is 1870. The minimum Gasteiger partial charge on any atom is -0.443 e. The van der Waals surface area contributed by atoms with Crippen LogP contribution in [0.15, 0.2) is 45.8 Å². The van der Waals surface area contributed by atoms with Crippen molar-refractivity contribution in [2.45, 2.75) is 77.5 Å². The molecule has 6 rings (SSSR count). The summed E-state index contributed by atoms with van der Waals surface area (Å²) in [5.41, 5.74) is 2.70. The third-order valence-corrected chi connectivity index (χ3v) is 9.39. The molecule has 1 fully saturated rings. The SMILES string of the molecule is Cc1noc(C)c1S(=O)(=O)Oc1ccc(-c2cc3cc(CN4CCCCC4)ccc3n2C(=O)OC(C)(C)C)c2c1CNC2=O. The number of amides is 1. The van der Waals surface area contributed by atoms with Gasteiger partial charge in [-0.1, -0.05) is 17.6 Å². The maximum absolute atomic E-state index is 13.7. The van der Waals surface area contributed by atoms with Crippen molar-refractivity contribution in [2.75, 3.05) is 13.1 Å². The summed E-state index contributed by atoms with van der Waals surface area (Å²) in [4.78, 5) is 29.2. The number of benzene rings is 2. The van der Waals surface area contributed by atoms with Crippen molar-refractivity contribution in [3.05, 3.63) is 64.5 Å². The van der Waals surface area contributed by atoms with Crippen LogP contribution in [0.1, 0.15) is 73.0 Å². The number of fused-ring (bicyclic) bond motifs is 2. The van der Waals surface area contributed by atoms with Crippen LogP contribution in [0.2, 0.25) is 0 Å². The van der Waals surface area contributed by atoms with E-state index in [9.17, 15) is 18.0 Å². The van der Waals surface area contributed by atoms with Crippen molar-refractivity contribution in [3.8, 4) is 17.0 Å². The van der Waals surface area contributed by atoms with Gasteiger partial charge < -0.3 is 18.8 Å². The first-order valence-corrected chi connectivity index (χ1v) is 16.1. The number of nitrogens with zero attached hydrogens (tertiary/aromatic N) is 3. The average Bonchev–Trinajstić information content (AvgIpc) is 3.63. The maximum Gasteiger partial charge on any atom is 0.419 e. The van der Waals surface area contributed by atoms with Crippen LogP contribution in [0, 0.1) is 13.8 Å². The molecule has 1 amide bonds. The first kappa shape index (κ1) is 29.9. The second kappa shape index (κ2) is 11.1. The second-order valence-corrected chi connectivity index (χ2v) is 13.9. The molecule has 0 radical (unpaired) electrons. The van der Waals surface area contributed by atoms with E-state index >= 15 is 0 Å². The van der Waals surface area contributed by atoms with Crippen LogP contribution >= 0.6 is 0 Å². The summed E-state index contributed by atoms with van der Waals surface area (Å²) < 4.78 is 44.3. The Morgan fingerprint density at radius 2 is 1.82 bits per heavy atom. The minimum atomic E-state index is -4.31. The Morgan fingerprint density at radius 3 is 2.50 bits per heavy atom. The Kier molecular flexibility index (Phi) is 7.53. The third kappa shape index (κ3) is 5.59. The van der Waals surface area contributed by atoms with Gasteiger partial charge >= 0.3 is 16.2 Å². The van der Waals surface area contributed by atoms with Crippen molar-refractivity contribution < 1.29 is 31.4 Å². The molecular weight excluding hydrogens is 584 g/mol. The van der Waals surface area contributed by atoms with Crippen LogP contribution in [0.3, 0.4) is 0 Å². The highest BCUT2D eigenvalue weighted by Gasteiger charge is 2.34. The molecule has 0 spiro atoms. The summed E-state index contributed by atoms with van der Waals surface area (Å²) in [6.45, 7) is 11.4. The molecule has 0 saturated carbocycles. The van der Waals surface area contributed by atoms with Crippen LogP contribution in [0.5, 0.6) is 5.75 Å². The standard InChI is InChI=1S/C32H36N4O7S/c1-19-29(20(2)42-34-19)44(39,40)43-27-12-10-23(28-24(27)17-33-30(28)37)26-16-22-15-21(18-35-13-7-6-8-14-35)9-11-25(22)36(26)31(38)41-32(3,4)5/h9-12,15-16H,6-8,13-14,17-18H2,1-5H3,(H,33,37). The molecule has 2 aliphatic heterocycles. The van der Waals surface area contributed by atoms with Gasteiger partial charge in [-0.15, -0.1) is 0 Å². The predicted octanol–water partition coefficient (Wildman–Crippen LogP) is 5.69. The first-order chi connectivity index (χ1) is 20.8. The zero-order valence-electron chi connectivity index (χ0n) is 25.5. The monoisotopic (exact) mass is 620 g/mol. The van der Waals surface area contributed by atoms with E-state index < -0.39 is 27.7 Å². The van der Waals surface area contributed by atoms with Crippen LogP contribution in [-0.4, -0.2) is 53.7 Å². The number of hydrogen-bond acceptors (Lipinski definition) is 9. The highest BCUT2D eigenvalue weighted by molar-refractivity contribution is 7.87. The van der Waals surface area contributed by atoms with Crippen molar-refractivity contribution in [1.29, 1.82) is 0 Å². The Balaban J connectivity index is 1.46. The van der Waals surface area contributed by atoms with Gasteiger partial charge in [-0.05, 0) is 96.4 Å². The zero-order chi connectivity index (χ0) is 31.4. The number of hydrogen-bond donors (Lipinski definition) is 1. The Labute approximate surface area is 256 Å². The number of ether oxygens (including phenoxy) is 1. The summed E-state index contributed by atoms with van der Waals surface area (Å²) in [5, 5.41) is 7.33. The number of nitrogens with one attached hydrogen (secondary N) is 1. The zero-order valence-corrected chi connectivity index (χ0v) is 26.3. The van der Waals surface area contributed by atoms with E-state index in [2.05, 4.69) is 21.4 Å². The molecule has 2 aromatic carbocycles. The fourth-order valence-corrected chi connectivity index (χ4v) is 7.31. The highest BCUT2D eigenvalue weighted by Crippen LogP contribution is 2.39. The van der Waals surface area contributed by atoms with Gasteiger partial charge in [0.1, 0.15) is 17.0 Å². The molecule has 4 heterocycles. The minimum absolute atomic E-state index is 0.00541. The van der Waals surface area contributed by atoms with E-state index in [1.807, 2.05) is 18.2 Å². The van der Waals surface area contributed by atoms with Gasteiger partial charge in [-0.25, -0.2) is 9.36 Å². The fourth-order valence-electron chi connectivity index (χ4n) is 6.04. The van der Waals surface area contributed by atoms with E-state index in [-0.39, 0.29) is 34.2 Å². The summed E-state index contributed by atoms with van der Waals surface area (Å²) in [6.07, 6.45) is 3.05. The van der Waals surface area contributed by atoms with Gasteiger partial charge in [0.15, 0.2) is 10.7 Å². The number of rotatable bonds is 6. The number of aromatic nitrogens is 2. The number of aryl methyl sites for hydroxylation is 2. The van der Waals surface area contributed by atoms with Crippen molar-refractivity contribution in [3.63, 3.8) is 0 Å². The highest BCUT2D eigenvalue weighted by atomic mass is 32.2. The number of carbonyl (C=O) groups excluding carboxylic acids is 2. The Morgan fingerprint density at radius 1 is 1.07 bits per heavy atom. The fraction of sp³-hybridized carbons (Fsp3) is 0.406. The number of piperidine rings is 1. The molecule has 2 aromatic heterocycles.